The number of carbonyl (C=O) groups is 1. The van der Waals surface area contributed by atoms with Crippen molar-refractivity contribution in [3.63, 3.8) is 0 Å². The highest BCUT2D eigenvalue weighted by molar-refractivity contribution is 7.15. The van der Waals surface area contributed by atoms with Crippen LogP contribution in [-0.4, -0.2) is 16.1 Å². The molecule has 0 aliphatic heterocycles. The molecule has 0 spiro atoms. The average molecular weight is 307 g/mol. The SMILES string of the molecule is CCC(CC)c1nnc(NC(=O)C[C@@H]2C[C@H]3CC[C@@H]2C3)s1. The van der Waals surface area contributed by atoms with Crippen LogP contribution in [-0.2, 0) is 4.79 Å². The van der Waals surface area contributed by atoms with Gasteiger partial charge in [-0.15, -0.1) is 10.2 Å². The van der Waals surface area contributed by atoms with Crippen LogP contribution in [0, 0.1) is 17.8 Å². The van der Waals surface area contributed by atoms with Gasteiger partial charge in [-0.3, -0.25) is 4.79 Å². The molecule has 4 nitrogen and oxygen atoms in total. The maximum atomic E-state index is 12.2. The average Bonchev–Trinajstić information content (AvgIpc) is 3.17. The van der Waals surface area contributed by atoms with Crippen LogP contribution in [0.4, 0.5) is 5.13 Å². The molecule has 3 rings (SSSR count). The number of anilines is 1. The van der Waals surface area contributed by atoms with Gasteiger partial charge in [-0.25, -0.2) is 0 Å². The zero-order chi connectivity index (χ0) is 14.8. The predicted octanol–water partition coefficient (Wildman–Crippen LogP) is 4.21. The number of amides is 1. The fourth-order valence-electron chi connectivity index (χ4n) is 4.12. The van der Waals surface area contributed by atoms with Crippen LogP contribution in [0.2, 0.25) is 0 Å². The van der Waals surface area contributed by atoms with Crippen LogP contribution in [0.5, 0.6) is 0 Å². The summed E-state index contributed by atoms with van der Waals surface area (Å²) >= 11 is 1.54. The monoisotopic (exact) mass is 307 g/mol. The molecule has 2 aliphatic carbocycles. The Bertz CT molecular complexity index is 497. The van der Waals surface area contributed by atoms with E-state index in [1.54, 1.807) is 0 Å². The van der Waals surface area contributed by atoms with Crippen LogP contribution in [0.25, 0.3) is 0 Å². The Morgan fingerprint density at radius 2 is 2.10 bits per heavy atom. The predicted molar refractivity (Wildman–Crippen MR) is 85.4 cm³/mol. The highest BCUT2D eigenvalue weighted by Crippen LogP contribution is 2.49. The van der Waals surface area contributed by atoms with Crippen LogP contribution in [0.1, 0.15) is 69.7 Å². The number of hydrogen-bond acceptors (Lipinski definition) is 4. The molecule has 0 saturated heterocycles. The smallest absolute Gasteiger partial charge is 0.226 e. The fourth-order valence-corrected chi connectivity index (χ4v) is 5.15. The molecule has 0 aromatic carbocycles. The Morgan fingerprint density at radius 1 is 1.29 bits per heavy atom. The summed E-state index contributed by atoms with van der Waals surface area (Å²) in [4.78, 5) is 12.2. The first-order valence-electron chi connectivity index (χ1n) is 8.32. The second kappa shape index (κ2) is 6.42. The van der Waals surface area contributed by atoms with Crippen molar-refractivity contribution in [2.45, 2.75) is 64.7 Å². The summed E-state index contributed by atoms with van der Waals surface area (Å²) in [6.45, 7) is 4.34. The van der Waals surface area contributed by atoms with Crippen molar-refractivity contribution >= 4 is 22.4 Å². The molecule has 0 unspecified atom stereocenters. The van der Waals surface area contributed by atoms with Crippen molar-refractivity contribution in [3.8, 4) is 0 Å². The molecule has 1 N–H and O–H groups in total. The van der Waals surface area contributed by atoms with Crippen LogP contribution < -0.4 is 5.32 Å². The summed E-state index contributed by atoms with van der Waals surface area (Å²) in [5, 5.41) is 13.0. The van der Waals surface area contributed by atoms with Crippen LogP contribution in [0.15, 0.2) is 0 Å². The summed E-state index contributed by atoms with van der Waals surface area (Å²) in [6.07, 6.45) is 8.15. The summed E-state index contributed by atoms with van der Waals surface area (Å²) < 4.78 is 0. The molecule has 2 aliphatic rings. The second-order valence-electron chi connectivity index (χ2n) is 6.65. The van der Waals surface area contributed by atoms with Gasteiger partial charge in [0.25, 0.3) is 0 Å². The largest absolute Gasteiger partial charge is 0.301 e. The normalized spacial score (nSPS) is 27.5. The minimum atomic E-state index is 0.125. The quantitative estimate of drug-likeness (QED) is 0.856. The van der Waals surface area contributed by atoms with Crippen LogP contribution >= 0.6 is 11.3 Å². The summed E-state index contributed by atoms with van der Waals surface area (Å²) in [5.41, 5.74) is 0. The molecule has 0 radical (unpaired) electrons. The Labute approximate surface area is 130 Å². The van der Waals surface area contributed by atoms with Crippen molar-refractivity contribution in [1.82, 2.24) is 10.2 Å². The number of fused-ring (bicyclic) bond motifs is 2. The summed E-state index contributed by atoms with van der Waals surface area (Å²) in [7, 11) is 0. The van der Waals surface area contributed by atoms with Gasteiger partial charge in [0.2, 0.25) is 11.0 Å². The third-order valence-electron chi connectivity index (χ3n) is 5.35. The maximum absolute atomic E-state index is 12.2. The van der Waals surface area contributed by atoms with Gasteiger partial charge in [-0.05, 0) is 49.9 Å². The molecule has 1 aromatic heterocycles. The lowest BCUT2D eigenvalue weighted by Crippen LogP contribution is -2.20. The highest BCUT2D eigenvalue weighted by Gasteiger charge is 2.40. The molecule has 5 heteroatoms. The van der Waals surface area contributed by atoms with Gasteiger partial charge in [-0.2, -0.15) is 0 Å². The zero-order valence-corrected chi connectivity index (χ0v) is 13.8. The van der Waals surface area contributed by atoms with Gasteiger partial charge >= 0.3 is 0 Å². The molecular formula is C16H25N3OS. The molecule has 21 heavy (non-hydrogen) atoms. The first kappa shape index (κ1) is 14.9. The maximum Gasteiger partial charge on any atom is 0.226 e. The zero-order valence-electron chi connectivity index (χ0n) is 13.0. The van der Waals surface area contributed by atoms with Gasteiger partial charge in [0.05, 0.1) is 0 Å². The number of hydrogen-bond donors (Lipinski definition) is 1. The Hall–Kier alpha value is -0.970. The van der Waals surface area contributed by atoms with E-state index in [1.807, 2.05) is 0 Å². The Kier molecular flexibility index (Phi) is 4.57. The third-order valence-corrected chi connectivity index (χ3v) is 6.36. The van der Waals surface area contributed by atoms with E-state index >= 15 is 0 Å². The molecule has 116 valence electrons. The first-order valence-corrected chi connectivity index (χ1v) is 9.14. The lowest BCUT2D eigenvalue weighted by atomic mass is 9.86. The van der Waals surface area contributed by atoms with Gasteiger partial charge < -0.3 is 5.32 Å². The minimum Gasteiger partial charge on any atom is -0.301 e. The van der Waals surface area contributed by atoms with Crippen molar-refractivity contribution < 1.29 is 4.79 Å². The van der Waals surface area contributed by atoms with Gasteiger partial charge in [0, 0.05) is 12.3 Å². The van der Waals surface area contributed by atoms with E-state index < -0.39 is 0 Å². The second-order valence-corrected chi connectivity index (χ2v) is 7.66. The van der Waals surface area contributed by atoms with E-state index in [2.05, 4.69) is 29.4 Å². The van der Waals surface area contributed by atoms with Gasteiger partial charge in [-0.1, -0.05) is 31.6 Å². The number of carbonyl (C=O) groups excluding carboxylic acids is 1. The van der Waals surface area contributed by atoms with Crippen molar-refractivity contribution in [1.29, 1.82) is 0 Å². The third kappa shape index (κ3) is 3.28. The van der Waals surface area contributed by atoms with Gasteiger partial charge in [0.1, 0.15) is 5.01 Å². The van der Waals surface area contributed by atoms with Crippen molar-refractivity contribution in [3.05, 3.63) is 5.01 Å². The van der Waals surface area contributed by atoms with E-state index in [4.69, 9.17) is 0 Å². The van der Waals surface area contributed by atoms with Crippen molar-refractivity contribution in [2.75, 3.05) is 5.32 Å². The lowest BCUT2D eigenvalue weighted by molar-refractivity contribution is -0.117. The molecule has 1 aromatic rings. The fraction of sp³-hybridized carbons (Fsp3) is 0.812. The molecule has 2 saturated carbocycles. The number of aromatic nitrogens is 2. The lowest BCUT2D eigenvalue weighted by Gasteiger charge is -2.20. The molecule has 2 bridgehead atoms. The molecule has 1 heterocycles. The highest BCUT2D eigenvalue weighted by atomic mass is 32.1. The first-order chi connectivity index (χ1) is 10.2. The van der Waals surface area contributed by atoms with E-state index in [9.17, 15) is 4.79 Å². The Balaban J connectivity index is 1.53. The number of nitrogens with zero attached hydrogens (tertiary/aromatic N) is 2. The molecule has 3 atom stereocenters. The van der Waals surface area contributed by atoms with E-state index in [0.29, 0.717) is 23.4 Å². The van der Waals surface area contributed by atoms with Gasteiger partial charge in [0.15, 0.2) is 0 Å². The van der Waals surface area contributed by atoms with E-state index in [0.717, 1.165) is 29.7 Å². The van der Waals surface area contributed by atoms with E-state index in [1.165, 1.54) is 37.0 Å². The number of rotatable bonds is 6. The molecular weight excluding hydrogens is 282 g/mol. The van der Waals surface area contributed by atoms with E-state index in [-0.39, 0.29) is 5.91 Å². The van der Waals surface area contributed by atoms with Crippen molar-refractivity contribution in [2.24, 2.45) is 17.8 Å². The summed E-state index contributed by atoms with van der Waals surface area (Å²) in [6, 6.07) is 0. The standard InChI is InChI=1S/C16H25N3OS/c1-3-11(4-2)15-18-19-16(21-15)17-14(20)9-13-8-10-5-6-12(13)7-10/h10-13H,3-9H2,1-2H3,(H,17,19,20)/t10-,12+,13-/m0/s1. The molecule has 1 amide bonds. The van der Waals surface area contributed by atoms with Crippen LogP contribution in [0.3, 0.4) is 0 Å². The number of nitrogens with one attached hydrogen (secondary N) is 1. The topological polar surface area (TPSA) is 54.9 Å². The molecule has 2 fully saturated rings. The summed E-state index contributed by atoms with van der Waals surface area (Å²) in [5.74, 6) is 2.90. The Morgan fingerprint density at radius 3 is 2.71 bits per heavy atom. The minimum absolute atomic E-state index is 0.125.